The molecule has 0 bridgehead atoms. The Labute approximate surface area is 182 Å². The molecule has 7 heteroatoms. The van der Waals surface area contributed by atoms with Crippen LogP contribution < -0.4 is 4.72 Å². The van der Waals surface area contributed by atoms with Crippen molar-refractivity contribution in [2.24, 2.45) is 0 Å². The summed E-state index contributed by atoms with van der Waals surface area (Å²) in [4.78, 5) is 14.9. The lowest BCUT2D eigenvalue weighted by atomic mass is 10.1. The molecule has 0 aliphatic rings. The topological polar surface area (TPSA) is 66.5 Å². The van der Waals surface area contributed by atoms with Gasteiger partial charge in [-0.25, -0.2) is 8.42 Å². The van der Waals surface area contributed by atoms with Crippen molar-refractivity contribution < 1.29 is 13.2 Å². The highest BCUT2D eigenvalue weighted by Crippen LogP contribution is 2.21. The number of thiophene rings is 1. The highest BCUT2D eigenvalue weighted by molar-refractivity contribution is 7.94. The number of hydrogen-bond acceptors (Lipinski definition) is 4. The summed E-state index contributed by atoms with van der Waals surface area (Å²) in [5.74, 6) is 0.0557. The minimum Gasteiger partial charge on any atom is -0.335 e. The van der Waals surface area contributed by atoms with Crippen molar-refractivity contribution in [3.8, 4) is 0 Å². The molecule has 2 aromatic carbocycles. The van der Waals surface area contributed by atoms with Crippen molar-refractivity contribution in [2.75, 3.05) is 4.72 Å². The molecule has 3 aromatic rings. The Morgan fingerprint density at radius 1 is 1.00 bits per heavy atom. The van der Waals surface area contributed by atoms with Gasteiger partial charge in [-0.3, -0.25) is 9.52 Å². The number of nitrogens with one attached hydrogen (secondary N) is 1. The van der Waals surface area contributed by atoms with E-state index in [4.69, 9.17) is 0 Å². The van der Waals surface area contributed by atoms with Gasteiger partial charge < -0.3 is 4.90 Å². The van der Waals surface area contributed by atoms with Crippen LogP contribution in [0.1, 0.15) is 31.4 Å². The highest BCUT2D eigenvalue weighted by Gasteiger charge is 2.20. The smallest absolute Gasteiger partial charge is 0.271 e. The lowest BCUT2D eigenvalue weighted by Crippen LogP contribution is -2.38. The first-order valence-corrected chi connectivity index (χ1v) is 12.2. The van der Waals surface area contributed by atoms with E-state index in [0.717, 1.165) is 17.5 Å². The quantitative estimate of drug-likeness (QED) is 0.512. The van der Waals surface area contributed by atoms with Gasteiger partial charge in [0.1, 0.15) is 4.21 Å². The van der Waals surface area contributed by atoms with Crippen LogP contribution in [0.25, 0.3) is 0 Å². The number of sulfonamides is 1. The van der Waals surface area contributed by atoms with Crippen molar-refractivity contribution in [2.45, 2.75) is 43.5 Å². The molecular formula is C23H26N2O3S2. The molecular weight excluding hydrogens is 416 g/mol. The van der Waals surface area contributed by atoms with E-state index in [1.807, 2.05) is 35.2 Å². The van der Waals surface area contributed by atoms with E-state index in [2.05, 4.69) is 18.6 Å². The van der Waals surface area contributed by atoms with E-state index in [1.54, 1.807) is 41.8 Å². The largest absolute Gasteiger partial charge is 0.335 e. The lowest BCUT2D eigenvalue weighted by molar-refractivity contribution is -0.133. The van der Waals surface area contributed by atoms with Gasteiger partial charge in [-0.1, -0.05) is 55.5 Å². The summed E-state index contributed by atoms with van der Waals surface area (Å²) in [6.45, 7) is 4.71. The maximum absolute atomic E-state index is 13.0. The van der Waals surface area contributed by atoms with Crippen LogP contribution in [0.4, 0.5) is 5.69 Å². The molecule has 1 N–H and O–H groups in total. The van der Waals surface area contributed by atoms with Gasteiger partial charge in [0.2, 0.25) is 5.91 Å². The second kappa shape index (κ2) is 9.91. The predicted molar refractivity (Wildman–Crippen MR) is 122 cm³/mol. The fourth-order valence-corrected chi connectivity index (χ4v) is 5.13. The van der Waals surface area contributed by atoms with E-state index in [0.29, 0.717) is 12.2 Å². The predicted octanol–water partition coefficient (Wildman–Crippen LogP) is 4.92. The summed E-state index contributed by atoms with van der Waals surface area (Å²) < 4.78 is 27.5. The Bertz CT molecular complexity index is 1050. The molecule has 0 saturated carbocycles. The molecule has 0 aliphatic heterocycles. The number of nitrogens with zero attached hydrogens (tertiary/aromatic N) is 1. The molecule has 1 heterocycles. The van der Waals surface area contributed by atoms with Crippen molar-refractivity contribution in [3.05, 3.63) is 83.2 Å². The fourth-order valence-electron chi connectivity index (χ4n) is 3.08. The third-order valence-electron chi connectivity index (χ3n) is 4.96. The molecule has 5 nitrogen and oxygen atoms in total. The number of amides is 1. The van der Waals surface area contributed by atoms with E-state index < -0.39 is 10.0 Å². The molecule has 1 unspecified atom stereocenters. The van der Waals surface area contributed by atoms with Crippen molar-refractivity contribution in [1.29, 1.82) is 0 Å². The van der Waals surface area contributed by atoms with Crippen molar-refractivity contribution >= 4 is 33.0 Å². The summed E-state index contributed by atoms with van der Waals surface area (Å²) in [5.41, 5.74) is 2.42. The lowest BCUT2D eigenvalue weighted by Gasteiger charge is -2.29. The number of hydrogen-bond donors (Lipinski definition) is 1. The van der Waals surface area contributed by atoms with Crippen LogP contribution >= 0.6 is 11.3 Å². The van der Waals surface area contributed by atoms with Crippen molar-refractivity contribution in [1.82, 2.24) is 4.90 Å². The highest BCUT2D eigenvalue weighted by atomic mass is 32.2. The number of anilines is 1. The summed E-state index contributed by atoms with van der Waals surface area (Å²) in [7, 11) is -3.58. The summed E-state index contributed by atoms with van der Waals surface area (Å²) in [6.07, 6.45) is 1.15. The third kappa shape index (κ3) is 5.70. The Morgan fingerprint density at radius 2 is 1.70 bits per heavy atom. The first kappa shape index (κ1) is 22.1. The zero-order valence-electron chi connectivity index (χ0n) is 17.1. The van der Waals surface area contributed by atoms with Gasteiger partial charge in [0.25, 0.3) is 10.0 Å². The maximum Gasteiger partial charge on any atom is 0.271 e. The molecule has 0 aliphatic carbocycles. The van der Waals surface area contributed by atoms with Crippen LogP contribution in [0.2, 0.25) is 0 Å². The average Bonchev–Trinajstić information content (AvgIpc) is 3.29. The van der Waals surface area contributed by atoms with E-state index in [9.17, 15) is 13.2 Å². The SMILES string of the molecule is CCC(C)N(Cc1ccccc1)C(=O)Cc1ccc(NS(=O)(=O)c2cccs2)cc1. The molecule has 1 atom stereocenters. The molecule has 30 heavy (non-hydrogen) atoms. The van der Waals surface area contributed by atoms with E-state index >= 15 is 0 Å². The minimum absolute atomic E-state index is 0.0557. The number of carbonyl (C=O) groups excluding carboxylic acids is 1. The van der Waals surface area contributed by atoms with Crippen molar-refractivity contribution in [3.63, 3.8) is 0 Å². The third-order valence-corrected chi connectivity index (χ3v) is 7.74. The van der Waals surface area contributed by atoms with Crippen LogP contribution in [-0.2, 0) is 27.8 Å². The second-order valence-electron chi connectivity index (χ2n) is 7.18. The maximum atomic E-state index is 13.0. The van der Waals surface area contributed by atoms with Gasteiger partial charge >= 0.3 is 0 Å². The Morgan fingerprint density at radius 3 is 2.30 bits per heavy atom. The summed E-state index contributed by atoms with van der Waals surface area (Å²) in [6, 6.07) is 20.3. The summed E-state index contributed by atoms with van der Waals surface area (Å²) >= 11 is 1.17. The summed E-state index contributed by atoms with van der Waals surface area (Å²) in [5, 5.41) is 1.72. The second-order valence-corrected chi connectivity index (χ2v) is 10.0. The molecule has 0 fully saturated rings. The molecule has 3 rings (SSSR count). The zero-order valence-corrected chi connectivity index (χ0v) is 18.7. The van der Waals surface area contributed by atoms with Crippen LogP contribution in [0.3, 0.4) is 0 Å². The number of benzene rings is 2. The van der Waals surface area contributed by atoms with Gasteiger partial charge in [-0.05, 0) is 48.1 Å². The Hall–Kier alpha value is -2.64. The number of rotatable bonds is 9. The monoisotopic (exact) mass is 442 g/mol. The first-order valence-electron chi connectivity index (χ1n) is 9.87. The molecule has 0 radical (unpaired) electrons. The molecule has 0 spiro atoms. The average molecular weight is 443 g/mol. The molecule has 1 amide bonds. The van der Waals surface area contributed by atoms with Gasteiger partial charge in [-0.15, -0.1) is 11.3 Å². The zero-order chi connectivity index (χ0) is 21.6. The normalized spacial score (nSPS) is 12.3. The van der Waals surface area contributed by atoms with E-state index in [1.165, 1.54) is 11.3 Å². The van der Waals surface area contributed by atoms with Gasteiger partial charge in [0, 0.05) is 18.3 Å². The van der Waals surface area contributed by atoms with Crippen LogP contribution in [0, 0.1) is 0 Å². The Balaban J connectivity index is 1.67. The molecule has 158 valence electrons. The van der Waals surface area contributed by atoms with Gasteiger partial charge in [-0.2, -0.15) is 0 Å². The standard InChI is InChI=1S/C23H26N2O3S2/c1-3-18(2)25(17-20-8-5-4-6-9-20)22(26)16-19-11-13-21(14-12-19)24-30(27,28)23-10-7-15-29-23/h4-15,18,24H,3,16-17H2,1-2H3. The van der Waals surface area contributed by atoms with Crippen LogP contribution in [-0.4, -0.2) is 25.3 Å². The first-order chi connectivity index (χ1) is 14.4. The van der Waals surface area contributed by atoms with Crippen LogP contribution in [0.15, 0.2) is 76.3 Å². The fraction of sp³-hybridized carbons (Fsp3) is 0.261. The van der Waals surface area contributed by atoms with E-state index in [-0.39, 0.29) is 22.6 Å². The van der Waals surface area contributed by atoms with Gasteiger partial charge in [0.15, 0.2) is 0 Å². The molecule has 1 aromatic heterocycles. The number of carbonyl (C=O) groups is 1. The molecule has 0 saturated heterocycles. The Kier molecular flexibility index (Phi) is 7.29. The minimum atomic E-state index is -3.58. The van der Waals surface area contributed by atoms with Gasteiger partial charge in [0.05, 0.1) is 6.42 Å². The van der Waals surface area contributed by atoms with Crippen LogP contribution in [0.5, 0.6) is 0 Å².